The molecule has 2 N–H and O–H groups in total. The molecule has 0 fully saturated rings. The lowest BCUT2D eigenvalue weighted by Gasteiger charge is -2.09. The van der Waals surface area contributed by atoms with Gasteiger partial charge in [0.15, 0.2) is 0 Å². The van der Waals surface area contributed by atoms with E-state index in [1.165, 1.54) is 6.07 Å². The van der Waals surface area contributed by atoms with Crippen LogP contribution >= 0.6 is 15.9 Å². The number of methoxy groups -OCH3 is 1. The summed E-state index contributed by atoms with van der Waals surface area (Å²) in [7, 11) is 1.57. The van der Waals surface area contributed by atoms with Crippen LogP contribution < -0.4 is 10.5 Å². The number of esters is 1. The third-order valence-electron chi connectivity index (χ3n) is 2.82. The van der Waals surface area contributed by atoms with Crippen molar-refractivity contribution in [2.75, 3.05) is 12.8 Å². The van der Waals surface area contributed by atoms with Crippen molar-refractivity contribution in [1.29, 1.82) is 0 Å². The van der Waals surface area contributed by atoms with Crippen LogP contribution in [0.4, 0.5) is 10.1 Å². The number of hydrogen-bond donors (Lipinski definition) is 1. The Morgan fingerprint density at radius 2 is 2.05 bits per heavy atom. The van der Waals surface area contributed by atoms with Gasteiger partial charge in [-0.3, -0.25) is 0 Å². The molecule has 0 heterocycles. The van der Waals surface area contributed by atoms with Crippen molar-refractivity contribution >= 4 is 27.6 Å². The van der Waals surface area contributed by atoms with E-state index in [-0.39, 0.29) is 17.9 Å². The molecule has 0 saturated carbocycles. The third-order valence-corrected chi connectivity index (χ3v) is 3.44. The third kappa shape index (κ3) is 3.72. The summed E-state index contributed by atoms with van der Waals surface area (Å²) in [6.07, 6.45) is 0. The monoisotopic (exact) mass is 353 g/mol. The second-order valence-corrected chi connectivity index (χ2v) is 5.13. The lowest BCUT2D eigenvalue weighted by atomic mass is 10.2. The maximum absolute atomic E-state index is 12.9. The van der Waals surface area contributed by atoms with Crippen molar-refractivity contribution in [3.05, 3.63) is 57.8 Å². The first-order chi connectivity index (χ1) is 10.0. The molecule has 0 aromatic heterocycles. The highest BCUT2D eigenvalue weighted by atomic mass is 79.9. The number of carbonyl (C=O) groups is 1. The minimum Gasteiger partial charge on any atom is -0.496 e. The molecule has 2 aromatic carbocycles. The van der Waals surface area contributed by atoms with Crippen LogP contribution in [0.1, 0.15) is 15.9 Å². The van der Waals surface area contributed by atoms with Crippen LogP contribution in [-0.2, 0) is 11.3 Å². The van der Waals surface area contributed by atoms with Crippen LogP contribution in [0.2, 0.25) is 0 Å². The maximum Gasteiger partial charge on any atom is 0.340 e. The Hall–Kier alpha value is -2.08. The SMILES string of the molecule is COc1ccc(COC(=O)c2ccc(F)cc2N)cc1Br. The standard InChI is InChI=1S/C15H13BrFNO3/c1-20-14-5-2-9(6-12(14)16)8-21-15(19)11-4-3-10(17)7-13(11)18/h2-7H,8,18H2,1H3. The summed E-state index contributed by atoms with van der Waals surface area (Å²) in [5.74, 6) is -0.407. The van der Waals surface area contributed by atoms with E-state index >= 15 is 0 Å². The number of carbonyl (C=O) groups excluding carboxylic acids is 1. The number of halogens is 2. The normalized spacial score (nSPS) is 10.2. The number of rotatable bonds is 4. The summed E-state index contributed by atoms with van der Waals surface area (Å²) in [5, 5.41) is 0. The Morgan fingerprint density at radius 3 is 2.67 bits per heavy atom. The molecule has 6 heteroatoms. The molecule has 4 nitrogen and oxygen atoms in total. The fourth-order valence-corrected chi connectivity index (χ4v) is 2.33. The molecule has 0 unspecified atom stereocenters. The first kappa shape index (κ1) is 15.3. The number of nitrogens with two attached hydrogens (primary N) is 1. The molecule has 21 heavy (non-hydrogen) atoms. The van der Waals surface area contributed by atoms with Gasteiger partial charge in [0.05, 0.1) is 17.1 Å². The Bertz CT molecular complexity index is 676. The summed E-state index contributed by atoms with van der Waals surface area (Å²) in [6.45, 7) is 0.0816. The zero-order valence-corrected chi connectivity index (χ0v) is 12.8. The van der Waals surface area contributed by atoms with E-state index in [1.807, 2.05) is 0 Å². The molecule has 2 rings (SSSR count). The van der Waals surface area contributed by atoms with Crippen molar-refractivity contribution in [3.8, 4) is 5.75 Å². The average molecular weight is 354 g/mol. The van der Waals surface area contributed by atoms with Gasteiger partial charge < -0.3 is 15.2 Å². The lowest BCUT2D eigenvalue weighted by Crippen LogP contribution is -2.08. The first-order valence-corrected chi connectivity index (χ1v) is 6.85. The fraction of sp³-hybridized carbons (Fsp3) is 0.133. The number of benzene rings is 2. The number of nitrogen functional groups attached to an aromatic ring is 1. The summed E-state index contributed by atoms with van der Waals surface area (Å²) in [4.78, 5) is 11.9. The molecular formula is C15H13BrFNO3. The van der Waals surface area contributed by atoms with Crippen LogP contribution in [-0.4, -0.2) is 13.1 Å². The van der Waals surface area contributed by atoms with Gasteiger partial charge in [-0.25, -0.2) is 9.18 Å². The van der Waals surface area contributed by atoms with Crippen molar-refractivity contribution < 1.29 is 18.7 Å². The number of anilines is 1. The highest BCUT2D eigenvalue weighted by Gasteiger charge is 2.12. The number of hydrogen-bond acceptors (Lipinski definition) is 4. The van der Waals surface area contributed by atoms with E-state index in [2.05, 4.69) is 15.9 Å². The van der Waals surface area contributed by atoms with Gasteiger partial charge in [-0.15, -0.1) is 0 Å². The van der Waals surface area contributed by atoms with Gasteiger partial charge in [-0.05, 0) is 51.8 Å². The van der Waals surface area contributed by atoms with Crippen LogP contribution in [0.3, 0.4) is 0 Å². The summed E-state index contributed by atoms with van der Waals surface area (Å²) in [5.41, 5.74) is 6.57. The zero-order valence-electron chi connectivity index (χ0n) is 11.2. The van der Waals surface area contributed by atoms with Gasteiger partial charge in [0, 0.05) is 5.69 Å². The minimum absolute atomic E-state index is 0.0518. The smallest absolute Gasteiger partial charge is 0.340 e. The molecule has 0 aliphatic carbocycles. The molecule has 0 saturated heterocycles. The molecule has 0 aliphatic heterocycles. The summed E-state index contributed by atoms with van der Waals surface area (Å²) < 4.78 is 24.0. The van der Waals surface area contributed by atoms with Crippen molar-refractivity contribution in [3.63, 3.8) is 0 Å². The minimum atomic E-state index is -0.598. The predicted octanol–water partition coefficient (Wildman–Crippen LogP) is 3.54. The van der Waals surface area contributed by atoms with E-state index in [4.69, 9.17) is 15.2 Å². The van der Waals surface area contributed by atoms with Crippen LogP contribution in [0, 0.1) is 5.82 Å². The van der Waals surface area contributed by atoms with E-state index < -0.39 is 11.8 Å². The molecule has 2 aromatic rings. The topological polar surface area (TPSA) is 61.5 Å². The van der Waals surface area contributed by atoms with Crippen molar-refractivity contribution in [2.24, 2.45) is 0 Å². The highest BCUT2D eigenvalue weighted by molar-refractivity contribution is 9.10. The van der Waals surface area contributed by atoms with Gasteiger partial charge in [-0.2, -0.15) is 0 Å². The quantitative estimate of drug-likeness (QED) is 0.674. The molecule has 0 spiro atoms. The van der Waals surface area contributed by atoms with Crippen LogP contribution in [0.5, 0.6) is 5.75 Å². The fourth-order valence-electron chi connectivity index (χ4n) is 1.75. The maximum atomic E-state index is 12.9. The van der Waals surface area contributed by atoms with Gasteiger partial charge in [0.2, 0.25) is 0 Å². The van der Waals surface area contributed by atoms with Crippen LogP contribution in [0.15, 0.2) is 40.9 Å². The highest BCUT2D eigenvalue weighted by Crippen LogP contribution is 2.26. The summed E-state index contributed by atoms with van der Waals surface area (Å²) in [6, 6.07) is 8.89. The largest absolute Gasteiger partial charge is 0.496 e. The zero-order chi connectivity index (χ0) is 15.4. The van der Waals surface area contributed by atoms with Gasteiger partial charge in [0.1, 0.15) is 18.2 Å². The van der Waals surface area contributed by atoms with Gasteiger partial charge in [-0.1, -0.05) is 6.07 Å². The summed E-state index contributed by atoms with van der Waals surface area (Å²) >= 11 is 3.35. The van der Waals surface area contributed by atoms with Crippen molar-refractivity contribution in [2.45, 2.75) is 6.61 Å². The van der Waals surface area contributed by atoms with E-state index in [0.717, 1.165) is 22.2 Å². The molecule has 0 amide bonds. The Labute approximate surface area is 129 Å². The van der Waals surface area contributed by atoms with E-state index in [1.54, 1.807) is 25.3 Å². The van der Waals surface area contributed by atoms with Crippen molar-refractivity contribution in [1.82, 2.24) is 0 Å². The lowest BCUT2D eigenvalue weighted by molar-refractivity contribution is 0.0474. The molecule has 0 radical (unpaired) electrons. The van der Waals surface area contributed by atoms with Gasteiger partial charge >= 0.3 is 5.97 Å². The Kier molecular flexibility index (Phi) is 4.80. The Morgan fingerprint density at radius 1 is 1.29 bits per heavy atom. The van der Waals surface area contributed by atoms with E-state index in [9.17, 15) is 9.18 Å². The number of ether oxygens (including phenoxy) is 2. The second kappa shape index (κ2) is 6.58. The first-order valence-electron chi connectivity index (χ1n) is 6.06. The van der Waals surface area contributed by atoms with Crippen LogP contribution in [0.25, 0.3) is 0 Å². The average Bonchev–Trinajstić information content (AvgIpc) is 2.45. The predicted molar refractivity (Wildman–Crippen MR) is 80.6 cm³/mol. The molecular weight excluding hydrogens is 341 g/mol. The molecule has 0 aliphatic rings. The molecule has 0 atom stereocenters. The molecule has 110 valence electrons. The molecule has 0 bridgehead atoms. The van der Waals surface area contributed by atoms with E-state index in [0.29, 0.717) is 5.75 Å². The van der Waals surface area contributed by atoms with Gasteiger partial charge in [0.25, 0.3) is 0 Å². The second-order valence-electron chi connectivity index (χ2n) is 4.28. The Balaban J connectivity index is 2.05.